The molecule has 8 heteroatoms. The van der Waals surface area contributed by atoms with Gasteiger partial charge in [-0.2, -0.15) is 0 Å². The molecular weight excluding hydrogens is 459 g/mol. The summed E-state index contributed by atoms with van der Waals surface area (Å²) in [6.45, 7) is 9.54. The van der Waals surface area contributed by atoms with Gasteiger partial charge in [-0.05, 0) is 38.3 Å². The second kappa shape index (κ2) is 14.8. The Morgan fingerprint density at radius 3 is 2.37 bits per heavy atom. The van der Waals surface area contributed by atoms with Crippen molar-refractivity contribution in [2.75, 3.05) is 87.0 Å². The van der Waals surface area contributed by atoms with Gasteiger partial charge in [-0.15, -0.1) is 24.0 Å². The standard InChI is InChI=1S/C19H38N4O3.HI/c1-20-19(23-9-6-18(15-23)16-26-13-12-25-3)21-14-17-4-7-22(8-5-17)10-11-24-2;/h17-18H,4-16H2,1-3H3,(H,20,21);1H. The van der Waals surface area contributed by atoms with Crippen molar-refractivity contribution in [2.45, 2.75) is 19.3 Å². The molecule has 0 amide bonds. The van der Waals surface area contributed by atoms with E-state index in [-0.39, 0.29) is 24.0 Å². The lowest BCUT2D eigenvalue weighted by molar-refractivity contribution is 0.0536. The number of nitrogens with zero attached hydrogens (tertiary/aromatic N) is 3. The Morgan fingerprint density at radius 2 is 1.70 bits per heavy atom. The fourth-order valence-electron chi connectivity index (χ4n) is 3.76. The van der Waals surface area contributed by atoms with Crippen LogP contribution in [0.1, 0.15) is 19.3 Å². The second-order valence-corrected chi connectivity index (χ2v) is 7.37. The summed E-state index contributed by atoms with van der Waals surface area (Å²) in [5.41, 5.74) is 0. The maximum atomic E-state index is 5.69. The zero-order valence-electron chi connectivity index (χ0n) is 17.3. The SMILES string of the molecule is CN=C(NCC1CCN(CCOC)CC1)N1CCC(COCCOC)C1.I. The summed E-state index contributed by atoms with van der Waals surface area (Å²) >= 11 is 0. The monoisotopic (exact) mass is 498 g/mol. The number of rotatable bonds is 10. The number of ether oxygens (including phenoxy) is 3. The van der Waals surface area contributed by atoms with Gasteiger partial charge in [0.2, 0.25) is 0 Å². The molecule has 0 aromatic rings. The first kappa shape index (κ1) is 24.9. The Balaban J connectivity index is 0.00000364. The van der Waals surface area contributed by atoms with Gasteiger partial charge in [0, 0.05) is 53.4 Å². The molecule has 2 rings (SSSR count). The average molecular weight is 498 g/mol. The minimum absolute atomic E-state index is 0. The Bertz CT molecular complexity index is 406. The van der Waals surface area contributed by atoms with Crippen LogP contribution in [0.25, 0.3) is 0 Å². The molecule has 0 aromatic carbocycles. The quantitative estimate of drug-likeness (QED) is 0.214. The van der Waals surface area contributed by atoms with E-state index in [1.54, 1.807) is 14.2 Å². The Morgan fingerprint density at radius 1 is 1.00 bits per heavy atom. The minimum Gasteiger partial charge on any atom is -0.383 e. The maximum Gasteiger partial charge on any atom is 0.193 e. The zero-order valence-corrected chi connectivity index (χ0v) is 19.7. The van der Waals surface area contributed by atoms with Gasteiger partial charge in [-0.25, -0.2) is 0 Å². The molecule has 0 aliphatic carbocycles. The number of hydrogen-bond donors (Lipinski definition) is 1. The van der Waals surface area contributed by atoms with Gasteiger partial charge in [0.25, 0.3) is 0 Å². The lowest BCUT2D eigenvalue weighted by Gasteiger charge is -2.32. The van der Waals surface area contributed by atoms with Gasteiger partial charge in [0.15, 0.2) is 5.96 Å². The van der Waals surface area contributed by atoms with Gasteiger partial charge in [-0.1, -0.05) is 0 Å². The first-order valence-electron chi connectivity index (χ1n) is 10.00. The van der Waals surface area contributed by atoms with Crippen molar-refractivity contribution in [3.63, 3.8) is 0 Å². The van der Waals surface area contributed by atoms with Crippen molar-refractivity contribution in [1.82, 2.24) is 15.1 Å². The molecule has 7 nitrogen and oxygen atoms in total. The smallest absolute Gasteiger partial charge is 0.193 e. The third-order valence-electron chi connectivity index (χ3n) is 5.45. The summed E-state index contributed by atoms with van der Waals surface area (Å²) in [7, 11) is 5.37. The fourth-order valence-corrected chi connectivity index (χ4v) is 3.76. The predicted octanol–water partition coefficient (Wildman–Crippen LogP) is 1.52. The number of guanidine groups is 1. The summed E-state index contributed by atoms with van der Waals surface area (Å²) in [5, 5.41) is 3.61. The normalized spacial score (nSPS) is 22.1. The first-order chi connectivity index (χ1) is 12.8. The molecule has 0 spiro atoms. The van der Waals surface area contributed by atoms with Gasteiger partial charge >= 0.3 is 0 Å². The lowest BCUT2D eigenvalue weighted by Crippen LogP contribution is -2.44. The first-order valence-corrected chi connectivity index (χ1v) is 10.00. The van der Waals surface area contributed by atoms with Gasteiger partial charge < -0.3 is 29.3 Å². The van der Waals surface area contributed by atoms with E-state index in [0.717, 1.165) is 51.3 Å². The van der Waals surface area contributed by atoms with E-state index in [4.69, 9.17) is 14.2 Å². The minimum atomic E-state index is 0. The summed E-state index contributed by atoms with van der Waals surface area (Å²) in [6, 6.07) is 0. The Hall–Kier alpha value is -0.160. The van der Waals surface area contributed by atoms with Crippen molar-refractivity contribution >= 4 is 29.9 Å². The highest BCUT2D eigenvalue weighted by atomic mass is 127. The predicted molar refractivity (Wildman–Crippen MR) is 120 cm³/mol. The van der Waals surface area contributed by atoms with E-state index in [1.807, 2.05) is 7.05 Å². The number of halogens is 1. The third-order valence-corrected chi connectivity index (χ3v) is 5.45. The number of hydrogen-bond acceptors (Lipinski definition) is 5. The third kappa shape index (κ3) is 9.25. The average Bonchev–Trinajstić information content (AvgIpc) is 3.14. The fraction of sp³-hybridized carbons (Fsp3) is 0.947. The maximum absolute atomic E-state index is 5.69. The number of nitrogens with one attached hydrogen (secondary N) is 1. The molecule has 0 bridgehead atoms. The molecule has 2 fully saturated rings. The number of methoxy groups -OCH3 is 2. The van der Waals surface area contributed by atoms with Crippen LogP contribution in [0, 0.1) is 11.8 Å². The van der Waals surface area contributed by atoms with Crippen LogP contribution in [0.2, 0.25) is 0 Å². The van der Waals surface area contributed by atoms with Crippen LogP contribution in [-0.4, -0.2) is 103 Å². The van der Waals surface area contributed by atoms with Gasteiger partial charge in [0.1, 0.15) is 0 Å². The van der Waals surface area contributed by atoms with Crippen LogP contribution < -0.4 is 5.32 Å². The molecule has 0 saturated carbocycles. The van der Waals surface area contributed by atoms with Crippen molar-refractivity contribution in [3.05, 3.63) is 0 Å². The van der Waals surface area contributed by atoms with E-state index in [1.165, 1.54) is 32.4 Å². The highest BCUT2D eigenvalue weighted by Crippen LogP contribution is 2.18. The Kier molecular flexibility index (Phi) is 13.6. The van der Waals surface area contributed by atoms with Crippen molar-refractivity contribution < 1.29 is 14.2 Å². The van der Waals surface area contributed by atoms with Crippen LogP contribution in [0.3, 0.4) is 0 Å². The molecule has 1 N–H and O–H groups in total. The molecular formula is C19H39IN4O3. The lowest BCUT2D eigenvalue weighted by atomic mass is 9.97. The van der Waals surface area contributed by atoms with Crippen LogP contribution in [0.4, 0.5) is 0 Å². The summed E-state index contributed by atoms with van der Waals surface area (Å²) in [6.07, 6.45) is 3.68. The molecule has 2 heterocycles. The zero-order chi connectivity index (χ0) is 18.6. The van der Waals surface area contributed by atoms with E-state index in [0.29, 0.717) is 19.1 Å². The second-order valence-electron chi connectivity index (χ2n) is 7.37. The Labute approximate surface area is 182 Å². The van der Waals surface area contributed by atoms with Crippen molar-refractivity contribution in [2.24, 2.45) is 16.8 Å². The van der Waals surface area contributed by atoms with Crippen LogP contribution in [0.5, 0.6) is 0 Å². The molecule has 1 unspecified atom stereocenters. The summed E-state index contributed by atoms with van der Waals surface area (Å²) in [4.78, 5) is 9.37. The van der Waals surface area contributed by atoms with Gasteiger partial charge in [-0.3, -0.25) is 4.99 Å². The molecule has 2 aliphatic rings. The molecule has 160 valence electrons. The van der Waals surface area contributed by atoms with Crippen LogP contribution in [0.15, 0.2) is 4.99 Å². The van der Waals surface area contributed by atoms with Crippen LogP contribution >= 0.6 is 24.0 Å². The molecule has 0 radical (unpaired) electrons. The van der Waals surface area contributed by atoms with E-state index >= 15 is 0 Å². The highest BCUT2D eigenvalue weighted by molar-refractivity contribution is 14.0. The van der Waals surface area contributed by atoms with E-state index in [2.05, 4.69) is 20.1 Å². The van der Waals surface area contributed by atoms with Crippen molar-refractivity contribution in [3.8, 4) is 0 Å². The summed E-state index contributed by atoms with van der Waals surface area (Å²) < 4.78 is 15.9. The topological polar surface area (TPSA) is 58.6 Å². The van der Waals surface area contributed by atoms with Gasteiger partial charge in [0.05, 0.1) is 26.4 Å². The van der Waals surface area contributed by atoms with Crippen molar-refractivity contribution in [1.29, 1.82) is 0 Å². The van der Waals surface area contributed by atoms with E-state index < -0.39 is 0 Å². The summed E-state index contributed by atoms with van der Waals surface area (Å²) in [5.74, 6) is 2.38. The highest BCUT2D eigenvalue weighted by Gasteiger charge is 2.26. The molecule has 27 heavy (non-hydrogen) atoms. The molecule has 0 aromatic heterocycles. The largest absolute Gasteiger partial charge is 0.383 e. The van der Waals surface area contributed by atoms with E-state index in [9.17, 15) is 0 Å². The van der Waals surface area contributed by atoms with Crippen LogP contribution in [-0.2, 0) is 14.2 Å². The number of likely N-dealkylation sites (tertiary alicyclic amines) is 2. The molecule has 2 aliphatic heterocycles. The molecule has 1 atom stereocenters. The molecule has 2 saturated heterocycles. The number of aliphatic imine (C=N–C) groups is 1. The number of piperidine rings is 1.